The van der Waals surface area contributed by atoms with Gasteiger partial charge in [-0.2, -0.15) is 0 Å². The number of fused-ring (bicyclic) bond motifs is 1. The van der Waals surface area contributed by atoms with Gasteiger partial charge in [-0.3, -0.25) is 9.59 Å². The Morgan fingerprint density at radius 1 is 0.915 bits per heavy atom. The van der Waals surface area contributed by atoms with Gasteiger partial charge in [0.2, 0.25) is 11.8 Å². The number of aromatic amines is 1. The maximum absolute atomic E-state index is 13.5. The van der Waals surface area contributed by atoms with Crippen LogP contribution in [0.3, 0.4) is 0 Å². The van der Waals surface area contributed by atoms with E-state index in [2.05, 4.69) is 34.1 Å². The summed E-state index contributed by atoms with van der Waals surface area (Å²) in [6.45, 7) is 7.75. The summed E-state index contributed by atoms with van der Waals surface area (Å²) < 4.78 is 16.1. The molecular weight excluding hydrogens is 604 g/mol. The number of hydrogen-bond donors (Lipinski definition) is 5. The first-order chi connectivity index (χ1) is 22.8. The second-order valence-corrected chi connectivity index (χ2v) is 10.8. The van der Waals surface area contributed by atoms with Crippen LogP contribution in [0.15, 0.2) is 86.1 Å². The number of H-pyrrole nitrogens is 1. The highest BCUT2D eigenvalue weighted by Crippen LogP contribution is 2.20. The van der Waals surface area contributed by atoms with Crippen molar-refractivity contribution in [2.45, 2.75) is 44.4 Å². The molecule has 0 aliphatic heterocycles. The number of aliphatic hydroxyl groups is 1. The fourth-order valence-electron chi connectivity index (χ4n) is 4.82. The number of ether oxygens (including phenoxy) is 3. The minimum Gasteiger partial charge on any atom is -0.462 e. The van der Waals surface area contributed by atoms with Crippen molar-refractivity contribution in [3.8, 4) is 0 Å². The average molecular weight is 649 g/mol. The molecule has 0 fully saturated rings. The van der Waals surface area contributed by atoms with Crippen LogP contribution in [-0.2, 0) is 41.6 Å². The normalized spacial score (nSPS) is 12.7. The van der Waals surface area contributed by atoms with E-state index in [4.69, 9.17) is 19.3 Å². The van der Waals surface area contributed by atoms with Crippen molar-refractivity contribution in [1.82, 2.24) is 20.9 Å². The number of nitrogens with one attached hydrogen (secondary N) is 4. The Labute approximate surface area is 274 Å². The molecule has 12 nitrogen and oxygen atoms in total. The van der Waals surface area contributed by atoms with E-state index in [9.17, 15) is 19.2 Å². The third-order valence-electron chi connectivity index (χ3n) is 7.16. The van der Waals surface area contributed by atoms with E-state index in [1.165, 1.54) is 6.08 Å². The number of alkyl carbamates (subject to hydrolysis) is 1. The molecule has 0 radical (unpaired) electrons. The van der Waals surface area contributed by atoms with Crippen LogP contribution >= 0.6 is 0 Å². The van der Waals surface area contributed by atoms with Crippen molar-refractivity contribution in [3.63, 3.8) is 0 Å². The molecule has 0 aliphatic carbocycles. The number of amides is 3. The lowest BCUT2D eigenvalue weighted by molar-refractivity contribution is -0.147. The molecule has 3 aromatic rings. The molecule has 252 valence electrons. The molecule has 3 atom stereocenters. The van der Waals surface area contributed by atoms with Gasteiger partial charge in [0.05, 0.1) is 31.8 Å². The lowest BCUT2D eigenvalue weighted by Crippen LogP contribution is -2.46. The van der Waals surface area contributed by atoms with Crippen LogP contribution < -0.4 is 16.0 Å². The zero-order valence-corrected chi connectivity index (χ0v) is 26.5. The molecule has 0 saturated carbocycles. The van der Waals surface area contributed by atoms with E-state index in [0.717, 1.165) is 22.0 Å². The van der Waals surface area contributed by atoms with Crippen molar-refractivity contribution < 1.29 is 38.5 Å². The van der Waals surface area contributed by atoms with Gasteiger partial charge >= 0.3 is 12.1 Å². The van der Waals surface area contributed by atoms with Crippen molar-refractivity contribution in [3.05, 3.63) is 97.2 Å². The van der Waals surface area contributed by atoms with Crippen molar-refractivity contribution in [2.24, 2.45) is 5.92 Å². The summed E-state index contributed by atoms with van der Waals surface area (Å²) in [6, 6.07) is 15.1. The van der Waals surface area contributed by atoms with Crippen LogP contribution in [0, 0.1) is 5.92 Å². The summed E-state index contributed by atoms with van der Waals surface area (Å²) in [5, 5.41) is 18.0. The molecule has 0 bridgehead atoms. The van der Waals surface area contributed by atoms with E-state index in [1.807, 2.05) is 60.8 Å². The molecule has 0 spiro atoms. The fourth-order valence-corrected chi connectivity index (χ4v) is 4.82. The van der Waals surface area contributed by atoms with Crippen molar-refractivity contribution in [1.29, 1.82) is 0 Å². The van der Waals surface area contributed by atoms with Gasteiger partial charge in [-0.15, -0.1) is 13.2 Å². The predicted molar refractivity (Wildman–Crippen MR) is 177 cm³/mol. The minimum atomic E-state index is -1.06. The first-order valence-electron chi connectivity index (χ1n) is 15.5. The van der Waals surface area contributed by atoms with Gasteiger partial charge < -0.3 is 40.3 Å². The van der Waals surface area contributed by atoms with Crippen LogP contribution in [0.1, 0.15) is 30.4 Å². The number of carbonyl (C=O) groups excluding carboxylic acids is 4. The van der Waals surface area contributed by atoms with Crippen molar-refractivity contribution >= 4 is 34.8 Å². The number of rotatable bonds is 21. The maximum atomic E-state index is 13.5. The van der Waals surface area contributed by atoms with Crippen LogP contribution in [0.25, 0.3) is 10.9 Å². The average Bonchev–Trinajstić information content (AvgIpc) is 3.48. The van der Waals surface area contributed by atoms with Gasteiger partial charge in [-0.1, -0.05) is 60.7 Å². The molecule has 0 aliphatic rings. The van der Waals surface area contributed by atoms with Gasteiger partial charge in [0.15, 0.2) is 0 Å². The number of allylic oxidation sites excluding steroid dienone is 1. The SMILES string of the molecule is C=CCC(CC(=O)NCCOCCO)C(=O)NC(COC(=O)C(CC=C)NC(=O)OCc1ccccc1)Cc1c[nH]c2ccccc12. The highest BCUT2D eigenvalue weighted by molar-refractivity contribution is 5.87. The smallest absolute Gasteiger partial charge is 0.408 e. The minimum absolute atomic E-state index is 0.0304. The Morgan fingerprint density at radius 3 is 2.40 bits per heavy atom. The number of aromatic nitrogens is 1. The van der Waals surface area contributed by atoms with Crippen LogP contribution in [0.5, 0.6) is 0 Å². The fraction of sp³-hybridized carbons (Fsp3) is 0.371. The number of esters is 1. The lowest BCUT2D eigenvalue weighted by atomic mass is 9.98. The molecule has 3 amide bonds. The quantitative estimate of drug-likeness (QED) is 0.0666. The highest BCUT2D eigenvalue weighted by atomic mass is 16.6. The molecule has 47 heavy (non-hydrogen) atoms. The summed E-state index contributed by atoms with van der Waals surface area (Å²) in [5.74, 6) is -2.17. The van der Waals surface area contributed by atoms with E-state index in [0.29, 0.717) is 6.42 Å². The molecule has 3 rings (SSSR count). The molecule has 1 aromatic heterocycles. The second kappa shape index (κ2) is 20.2. The molecular formula is C35H44N4O8. The topological polar surface area (TPSA) is 168 Å². The first-order valence-corrected chi connectivity index (χ1v) is 15.5. The summed E-state index contributed by atoms with van der Waals surface area (Å²) in [4.78, 5) is 54.9. The Balaban J connectivity index is 1.66. The molecule has 2 aromatic carbocycles. The van der Waals surface area contributed by atoms with E-state index in [-0.39, 0.29) is 64.7 Å². The largest absolute Gasteiger partial charge is 0.462 e. The Bertz CT molecular complexity index is 1460. The zero-order valence-electron chi connectivity index (χ0n) is 26.5. The highest BCUT2D eigenvalue weighted by Gasteiger charge is 2.27. The zero-order chi connectivity index (χ0) is 33.9. The van der Waals surface area contributed by atoms with E-state index in [1.54, 1.807) is 6.08 Å². The van der Waals surface area contributed by atoms with Gasteiger partial charge in [-0.25, -0.2) is 9.59 Å². The third kappa shape index (κ3) is 12.8. The van der Waals surface area contributed by atoms with Crippen LogP contribution in [0.2, 0.25) is 0 Å². The van der Waals surface area contributed by atoms with Gasteiger partial charge in [-0.05, 0) is 36.5 Å². The maximum Gasteiger partial charge on any atom is 0.408 e. The van der Waals surface area contributed by atoms with E-state index < -0.39 is 36.0 Å². The molecule has 5 N–H and O–H groups in total. The lowest BCUT2D eigenvalue weighted by Gasteiger charge is -2.23. The Morgan fingerprint density at radius 2 is 1.66 bits per heavy atom. The number of aliphatic hydroxyl groups excluding tert-OH is 1. The Kier molecular flexibility index (Phi) is 15.7. The monoisotopic (exact) mass is 648 g/mol. The standard InChI is InChI=1S/C35H44N4O8/c1-3-10-26(21-32(41)36-16-18-45-19-17-40)33(42)38-28(20-27-22-37-30-15-9-8-14-29(27)30)24-46-34(43)31(11-4-2)39-35(44)47-23-25-12-6-5-7-13-25/h3-9,12-15,22,26,28,31,37,40H,1-2,10-11,16-21,23-24H2,(H,36,41)(H,38,42)(H,39,44). The first kappa shape index (κ1) is 36.5. The summed E-state index contributed by atoms with van der Waals surface area (Å²) >= 11 is 0. The number of hydrogen-bond acceptors (Lipinski definition) is 8. The number of carbonyl (C=O) groups is 4. The van der Waals surface area contributed by atoms with Gasteiger partial charge in [0, 0.05) is 30.1 Å². The summed E-state index contributed by atoms with van der Waals surface area (Å²) in [6.07, 6.45) is 4.68. The van der Waals surface area contributed by atoms with Crippen molar-refractivity contribution in [2.75, 3.05) is 33.0 Å². The van der Waals surface area contributed by atoms with Crippen LogP contribution in [0.4, 0.5) is 4.79 Å². The molecule has 0 saturated heterocycles. The van der Waals surface area contributed by atoms with E-state index >= 15 is 0 Å². The Hall–Kier alpha value is -4.94. The predicted octanol–water partition coefficient (Wildman–Crippen LogP) is 3.32. The molecule has 12 heteroatoms. The third-order valence-corrected chi connectivity index (χ3v) is 7.16. The molecule has 3 unspecified atom stereocenters. The van der Waals surface area contributed by atoms with Crippen LogP contribution in [-0.4, -0.2) is 79.0 Å². The summed E-state index contributed by atoms with van der Waals surface area (Å²) in [5.41, 5.74) is 2.60. The van der Waals surface area contributed by atoms with Gasteiger partial charge in [0.1, 0.15) is 19.3 Å². The second-order valence-electron chi connectivity index (χ2n) is 10.8. The number of para-hydroxylation sites is 1. The van der Waals surface area contributed by atoms with Gasteiger partial charge in [0.25, 0.3) is 0 Å². The number of benzene rings is 2. The summed E-state index contributed by atoms with van der Waals surface area (Å²) in [7, 11) is 0. The molecule has 1 heterocycles.